The lowest BCUT2D eigenvalue weighted by atomic mass is 10.1. The Kier molecular flexibility index (Phi) is 6.53. The van der Waals surface area contributed by atoms with Crippen LogP contribution in [0.5, 0.6) is 0 Å². The van der Waals surface area contributed by atoms with Crippen LogP contribution in [0.2, 0.25) is 0 Å². The first-order chi connectivity index (χ1) is 11.7. The fourth-order valence-electron chi connectivity index (χ4n) is 2.93. The summed E-state index contributed by atoms with van der Waals surface area (Å²) >= 11 is 4.90. The van der Waals surface area contributed by atoms with Gasteiger partial charge in [0.25, 0.3) is 5.56 Å². The number of aryl methyl sites for hydroxylation is 1. The Morgan fingerprint density at radius 3 is 2.52 bits per heavy atom. The highest BCUT2D eigenvalue weighted by molar-refractivity contribution is 7.89. The van der Waals surface area contributed by atoms with Crippen molar-refractivity contribution in [1.82, 2.24) is 19.6 Å². The molecule has 140 valence electrons. The van der Waals surface area contributed by atoms with Crippen molar-refractivity contribution < 1.29 is 13.2 Å². The van der Waals surface area contributed by atoms with Gasteiger partial charge in [0, 0.05) is 36.8 Å². The molecule has 0 aromatic carbocycles. The third kappa shape index (κ3) is 5.23. The van der Waals surface area contributed by atoms with Gasteiger partial charge in [0.15, 0.2) is 4.77 Å². The molecule has 0 spiro atoms. The number of sulfonamides is 1. The number of carbonyl (C=O) groups is 1. The molecular weight excluding hydrogens is 364 g/mol. The van der Waals surface area contributed by atoms with Crippen molar-refractivity contribution in [3.05, 3.63) is 26.4 Å². The second-order valence-electron chi connectivity index (χ2n) is 6.15. The number of piperidine rings is 1. The van der Waals surface area contributed by atoms with Gasteiger partial charge in [-0.3, -0.25) is 14.6 Å². The number of carbonyl (C=O) groups excluding carboxylic acids is 1. The molecule has 1 saturated heterocycles. The van der Waals surface area contributed by atoms with Crippen LogP contribution in [0.25, 0.3) is 0 Å². The van der Waals surface area contributed by atoms with Gasteiger partial charge in [-0.15, -0.1) is 0 Å². The van der Waals surface area contributed by atoms with E-state index in [0.29, 0.717) is 43.6 Å². The number of amides is 1. The smallest absolute Gasteiger partial charge is 0.255 e. The van der Waals surface area contributed by atoms with Crippen molar-refractivity contribution in [2.24, 2.45) is 0 Å². The molecule has 0 atom stereocenters. The Labute approximate surface area is 152 Å². The van der Waals surface area contributed by atoms with Gasteiger partial charge in [-0.25, -0.2) is 12.7 Å². The van der Waals surface area contributed by atoms with Crippen LogP contribution in [-0.4, -0.2) is 53.5 Å². The fourth-order valence-corrected chi connectivity index (χ4v) is 4.30. The number of H-pyrrole nitrogens is 2. The highest BCUT2D eigenvalue weighted by Gasteiger charge is 2.27. The van der Waals surface area contributed by atoms with Gasteiger partial charge in [-0.1, -0.05) is 0 Å². The van der Waals surface area contributed by atoms with Crippen molar-refractivity contribution >= 4 is 28.1 Å². The van der Waals surface area contributed by atoms with Crippen LogP contribution in [-0.2, 0) is 21.2 Å². The molecule has 1 fully saturated rings. The Balaban J connectivity index is 1.84. The molecule has 1 amide bonds. The normalized spacial score (nSPS) is 16.7. The third-order valence-corrected chi connectivity index (χ3v) is 6.52. The lowest BCUT2D eigenvalue weighted by Gasteiger charge is -2.31. The quantitative estimate of drug-likeness (QED) is 0.618. The first-order valence-corrected chi connectivity index (χ1v) is 10.3. The third-order valence-electron chi connectivity index (χ3n) is 4.43. The maximum absolute atomic E-state index is 12.1. The molecular formula is C15H24N4O4S2. The standard InChI is InChI=1S/C15H24N4O4S2/c1-3-25(22,23)19-8-6-11(7-9-19)17-13(20)5-4-12-10(2)16-15(24)18-14(12)21/h11H,3-9H2,1-2H3,(H,17,20)(H2,16,18,21,24). The van der Waals surface area contributed by atoms with Crippen LogP contribution in [0.1, 0.15) is 37.4 Å². The average Bonchev–Trinajstić information content (AvgIpc) is 2.54. The summed E-state index contributed by atoms with van der Waals surface area (Å²) in [6, 6.07) is -0.0308. The minimum absolute atomic E-state index is 0.0308. The van der Waals surface area contributed by atoms with E-state index in [1.54, 1.807) is 13.8 Å². The molecule has 1 aliphatic rings. The largest absolute Gasteiger partial charge is 0.353 e. The van der Waals surface area contributed by atoms with E-state index in [1.807, 2.05) is 0 Å². The molecule has 2 heterocycles. The molecule has 1 aromatic heterocycles. The van der Waals surface area contributed by atoms with Gasteiger partial charge in [0.2, 0.25) is 15.9 Å². The molecule has 1 aromatic rings. The van der Waals surface area contributed by atoms with Gasteiger partial charge >= 0.3 is 0 Å². The highest BCUT2D eigenvalue weighted by Crippen LogP contribution is 2.14. The molecule has 8 nitrogen and oxygen atoms in total. The predicted octanol–water partition coefficient (Wildman–Crippen LogP) is 0.604. The minimum atomic E-state index is -3.16. The number of hydrogen-bond donors (Lipinski definition) is 3. The second-order valence-corrected chi connectivity index (χ2v) is 8.82. The highest BCUT2D eigenvalue weighted by atomic mass is 32.2. The molecule has 10 heteroatoms. The Hall–Kier alpha value is -1.52. The number of nitrogens with one attached hydrogen (secondary N) is 3. The van der Waals surface area contributed by atoms with E-state index in [-0.39, 0.29) is 34.5 Å². The van der Waals surface area contributed by atoms with Crippen LogP contribution < -0.4 is 10.9 Å². The van der Waals surface area contributed by atoms with E-state index < -0.39 is 10.0 Å². The maximum atomic E-state index is 12.1. The monoisotopic (exact) mass is 388 g/mol. The second kappa shape index (κ2) is 8.24. The van der Waals surface area contributed by atoms with Crippen molar-refractivity contribution in [3.63, 3.8) is 0 Å². The minimum Gasteiger partial charge on any atom is -0.353 e. The summed E-state index contributed by atoms with van der Waals surface area (Å²) < 4.78 is 25.4. The Bertz CT molecular complexity index is 836. The summed E-state index contributed by atoms with van der Waals surface area (Å²) in [6.07, 6.45) is 1.72. The van der Waals surface area contributed by atoms with Crippen molar-refractivity contribution in [1.29, 1.82) is 0 Å². The van der Waals surface area contributed by atoms with E-state index in [4.69, 9.17) is 12.2 Å². The SMILES string of the molecule is CCS(=O)(=O)N1CCC(NC(=O)CCc2c(C)[nH]c(=S)[nH]c2=O)CC1. The van der Waals surface area contributed by atoms with Crippen molar-refractivity contribution in [2.45, 2.75) is 45.6 Å². The van der Waals surface area contributed by atoms with E-state index in [0.717, 1.165) is 0 Å². The van der Waals surface area contributed by atoms with E-state index in [9.17, 15) is 18.0 Å². The van der Waals surface area contributed by atoms with Gasteiger partial charge < -0.3 is 10.3 Å². The summed E-state index contributed by atoms with van der Waals surface area (Å²) in [5.41, 5.74) is 0.916. The fraction of sp³-hybridized carbons (Fsp3) is 0.667. The lowest BCUT2D eigenvalue weighted by molar-refractivity contribution is -0.122. The molecule has 0 aliphatic carbocycles. The number of nitrogens with zero attached hydrogens (tertiary/aromatic N) is 1. The number of hydrogen-bond acceptors (Lipinski definition) is 5. The van der Waals surface area contributed by atoms with Crippen LogP contribution in [0, 0.1) is 11.7 Å². The lowest BCUT2D eigenvalue weighted by Crippen LogP contribution is -2.46. The molecule has 0 saturated carbocycles. The van der Waals surface area contributed by atoms with Crippen LogP contribution in [0.15, 0.2) is 4.79 Å². The number of aromatic nitrogens is 2. The molecule has 1 aliphatic heterocycles. The predicted molar refractivity (Wildman–Crippen MR) is 97.5 cm³/mol. The Morgan fingerprint density at radius 1 is 1.32 bits per heavy atom. The molecule has 25 heavy (non-hydrogen) atoms. The summed E-state index contributed by atoms with van der Waals surface area (Å²) in [4.78, 5) is 29.4. The van der Waals surface area contributed by atoms with E-state index in [2.05, 4.69) is 15.3 Å². The van der Waals surface area contributed by atoms with Crippen LogP contribution in [0.3, 0.4) is 0 Å². The van der Waals surface area contributed by atoms with Gasteiger partial charge in [0.05, 0.1) is 5.75 Å². The summed E-state index contributed by atoms with van der Waals surface area (Å²) in [6.45, 7) is 4.23. The molecule has 0 bridgehead atoms. The Morgan fingerprint density at radius 2 is 1.96 bits per heavy atom. The number of aromatic amines is 2. The molecule has 2 rings (SSSR count). The zero-order chi connectivity index (χ0) is 18.6. The maximum Gasteiger partial charge on any atom is 0.255 e. The van der Waals surface area contributed by atoms with Crippen LogP contribution in [0.4, 0.5) is 0 Å². The zero-order valence-corrected chi connectivity index (χ0v) is 16.1. The van der Waals surface area contributed by atoms with E-state index in [1.165, 1.54) is 4.31 Å². The molecule has 3 N–H and O–H groups in total. The molecule has 0 unspecified atom stereocenters. The topological polar surface area (TPSA) is 115 Å². The van der Waals surface area contributed by atoms with Crippen LogP contribution >= 0.6 is 12.2 Å². The van der Waals surface area contributed by atoms with Gasteiger partial charge in [-0.05, 0) is 45.3 Å². The summed E-state index contributed by atoms with van der Waals surface area (Å²) in [5.74, 6) is -0.0454. The first-order valence-electron chi connectivity index (χ1n) is 8.32. The van der Waals surface area contributed by atoms with Gasteiger partial charge in [0.1, 0.15) is 0 Å². The van der Waals surface area contributed by atoms with E-state index >= 15 is 0 Å². The number of rotatable bonds is 6. The summed E-state index contributed by atoms with van der Waals surface area (Å²) in [7, 11) is -3.16. The van der Waals surface area contributed by atoms with Gasteiger partial charge in [-0.2, -0.15) is 0 Å². The van der Waals surface area contributed by atoms with Crippen molar-refractivity contribution in [2.75, 3.05) is 18.8 Å². The van der Waals surface area contributed by atoms with Crippen molar-refractivity contribution in [3.8, 4) is 0 Å². The zero-order valence-electron chi connectivity index (χ0n) is 14.4. The molecule has 0 radical (unpaired) electrons. The average molecular weight is 389 g/mol. The summed E-state index contributed by atoms with van der Waals surface area (Å²) in [5, 5.41) is 2.93. The first kappa shape index (κ1) is 19.8.